The minimum atomic E-state index is -0.0278. The van der Waals surface area contributed by atoms with E-state index in [-0.39, 0.29) is 5.91 Å². The zero-order valence-electron chi connectivity index (χ0n) is 9.82. The standard InChI is InChI=1S/C12H18N2O2/c1-9-3-4-11(16-9)12(15)14(2)8-10-5-6-13-7-10/h3-4,10,13H,5-8H2,1-2H3. The molecule has 0 saturated carbocycles. The first-order chi connectivity index (χ1) is 7.66. The SMILES string of the molecule is Cc1ccc(C(=O)N(C)CC2CCNC2)o1. The molecule has 1 aromatic rings. The summed E-state index contributed by atoms with van der Waals surface area (Å²) in [6, 6.07) is 3.55. The molecular weight excluding hydrogens is 204 g/mol. The lowest BCUT2D eigenvalue weighted by Crippen LogP contribution is -2.32. The number of amides is 1. The van der Waals surface area contributed by atoms with Crippen LogP contribution in [0.3, 0.4) is 0 Å². The molecule has 0 aromatic carbocycles. The Kier molecular flexibility index (Phi) is 3.29. The van der Waals surface area contributed by atoms with Gasteiger partial charge in [0.2, 0.25) is 0 Å². The topological polar surface area (TPSA) is 45.5 Å². The number of nitrogens with zero attached hydrogens (tertiary/aromatic N) is 1. The van der Waals surface area contributed by atoms with E-state index in [0.717, 1.165) is 31.8 Å². The van der Waals surface area contributed by atoms with Crippen LogP contribution in [0.2, 0.25) is 0 Å². The summed E-state index contributed by atoms with van der Waals surface area (Å²) in [6.45, 7) is 4.71. The zero-order valence-corrected chi connectivity index (χ0v) is 9.82. The molecule has 16 heavy (non-hydrogen) atoms. The van der Waals surface area contributed by atoms with Crippen LogP contribution in [0.25, 0.3) is 0 Å². The quantitative estimate of drug-likeness (QED) is 0.837. The van der Waals surface area contributed by atoms with Crippen molar-refractivity contribution in [1.82, 2.24) is 10.2 Å². The van der Waals surface area contributed by atoms with Crippen molar-refractivity contribution in [1.29, 1.82) is 0 Å². The molecule has 0 spiro atoms. The van der Waals surface area contributed by atoms with Crippen molar-refractivity contribution < 1.29 is 9.21 Å². The number of nitrogens with one attached hydrogen (secondary N) is 1. The molecule has 1 fully saturated rings. The minimum Gasteiger partial charge on any atom is -0.456 e. The predicted octanol–water partition coefficient (Wildman–Crippen LogP) is 1.27. The van der Waals surface area contributed by atoms with Crippen molar-refractivity contribution >= 4 is 5.91 Å². The van der Waals surface area contributed by atoms with Crippen LogP contribution in [0.5, 0.6) is 0 Å². The Morgan fingerprint density at radius 2 is 2.44 bits per heavy atom. The van der Waals surface area contributed by atoms with Gasteiger partial charge in [0.25, 0.3) is 5.91 Å². The third kappa shape index (κ3) is 2.44. The monoisotopic (exact) mass is 222 g/mol. The van der Waals surface area contributed by atoms with E-state index in [1.54, 1.807) is 11.0 Å². The van der Waals surface area contributed by atoms with Gasteiger partial charge in [0.15, 0.2) is 5.76 Å². The Balaban J connectivity index is 1.93. The van der Waals surface area contributed by atoms with E-state index in [9.17, 15) is 4.79 Å². The van der Waals surface area contributed by atoms with Gasteiger partial charge in [-0.15, -0.1) is 0 Å². The van der Waals surface area contributed by atoms with Crippen LogP contribution >= 0.6 is 0 Å². The van der Waals surface area contributed by atoms with E-state index in [2.05, 4.69) is 5.32 Å². The summed E-state index contributed by atoms with van der Waals surface area (Å²) in [5, 5.41) is 3.30. The average molecular weight is 222 g/mol. The van der Waals surface area contributed by atoms with Gasteiger partial charge in [0, 0.05) is 13.6 Å². The lowest BCUT2D eigenvalue weighted by molar-refractivity contribution is 0.0743. The summed E-state index contributed by atoms with van der Waals surface area (Å²) in [7, 11) is 1.83. The van der Waals surface area contributed by atoms with Crippen molar-refractivity contribution in [3.63, 3.8) is 0 Å². The summed E-state index contributed by atoms with van der Waals surface area (Å²) < 4.78 is 5.32. The van der Waals surface area contributed by atoms with Crippen molar-refractivity contribution in [2.45, 2.75) is 13.3 Å². The second-order valence-electron chi connectivity index (χ2n) is 4.45. The molecule has 1 amide bonds. The fourth-order valence-corrected chi connectivity index (χ4v) is 2.08. The molecule has 88 valence electrons. The molecule has 1 atom stereocenters. The molecule has 4 nitrogen and oxygen atoms in total. The molecule has 4 heteroatoms. The highest BCUT2D eigenvalue weighted by Crippen LogP contribution is 2.13. The number of rotatable bonds is 3. The molecular formula is C12H18N2O2. The van der Waals surface area contributed by atoms with Gasteiger partial charge in [-0.1, -0.05) is 0 Å². The van der Waals surface area contributed by atoms with Gasteiger partial charge >= 0.3 is 0 Å². The molecule has 2 rings (SSSR count). The van der Waals surface area contributed by atoms with E-state index in [1.165, 1.54) is 0 Å². The number of carbonyl (C=O) groups excluding carboxylic acids is 1. The minimum absolute atomic E-state index is 0.0278. The van der Waals surface area contributed by atoms with Crippen LogP contribution in [-0.2, 0) is 0 Å². The Morgan fingerprint density at radius 1 is 1.62 bits per heavy atom. The predicted molar refractivity (Wildman–Crippen MR) is 61.4 cm³/mol. The number of furan rings is 1. The van der Waals surface area contributed by atoms with Crippen molar-refractivity contribution in [2.24, 2.45) is 5.92 Å². The highest BCUT2D eigenvalue weighted by atomic mass is 16.3. The maximum atomic E-state index is 12.0. The summed E-state index contributed by atoms with van der Waals surface area (Å²) in [5.74, 6) is 1.76. The van der Waals surface area contributed by atoms with Gasteiger partial charge in [0.05, 0.1) is 0 Å². The van der Waals surface area contributed by atoms with Gasteiger partial charge in [0.1, 0.15) is 5.76 Å². The van der Waals surface area contributed by atoms with Gasteiger partial charge in [-0.2, -0.15) is 0 Å². The van der Waals surface area contributed by atoms with Crippen LogP contribution in [0.1, 0.15) is 22.7 Å². The number of hydrogen-bond acceptors (Lipinski definition) is 3. The average Bonchev–Trinajstić information content (AvgIpc) is 2.88. The van der Waals surface area contributed by atoms with Crippen LogP contribution in [0, 0.1) is 12.8 Å². The zero-order chi connectivity index (χ0) is 11.5. The fraction of sp³-hybridized carbons (Fsp3) is 0.583. The molecule has 1 aliphatic heterocycles. The molecule has 2 heterocycles. The summed E-state index contributed by atoms with van der Waals surface area (Å²) in [6.07, 6.45) is 1.15. The largest absolute Gasteiger partial charge is 0.456 e. The van der Waals surface area contributed by atoms with Gasteiger partial charge < -0.3 is 14.6 Å². The molecule has 1 saturated heterocycles. The molecule has 1 unspecified atom stereocenters. The van der Waals surface area contributed by atoms with E-state index in [4.69, 9.17) is 4.42 Å². The molecule has 0 aliphatic carbocycles. The second kappa shape index (κ2) is 4.70. The molecule has 1 aromatic heterocycles. The van der Waals surface area contributed by atoms with Gasteiger partial charge in [-0.3, -0.25) is 4.79 Å². The lowest BCUT2D eigenvalue weighted by Gasteiger charge is -2.19. The van der Waals surface area contributed by atoms with Gasteiger partial charge in [-0.25, -0.2) is 0 Å². The second-order valence-corrected chi connectivity index (χ2v) is 4.45. The van der Waals surface area contributed by atoms with E-state index < -0.39 is 0 Å². The Hall–Kier alpha value is -1.29. The first-order valence-corrected chi connectivity index (χ1v) is 5.69. The normalized spacial score (nSPS) is 20.0. The summed E-state index contributed by atoms with van der Waals surface area (Å²) in [5.41, 5.74) is 0. The first-order valence-electron chi connectivity index (χ1n) is 5.69. The van der Waals surface area contributed by atoms with Crippen molar-refractivity contribution in [3.05, 3.63) is 23.7 Å². The molecule has 1 N–H and O–H groups in total. The number of aryl methyl sites for hydroxylation is 1. The van der Waals surface area contributed by atoms with Crippen molar-refractivity contribution in [3.8, 4) is 0 Å². The third-order valence-corrected chi connectivity index (χ3v) is 2.99. The van der Waals surface area contributed by atoms with Crippen LogP contribution in [0.15, 0.2) is 16.5 Å². The highest BCUT2D eigenvalue weighted by Gasteiger charge is 2.21. The Morgan fingerprint density at radius 3 is 3.00 bits per heavy atom. The molecule has 0 radical (unpaired) electrons. The smallest absolute Gasteiger partial charge is 0.289 e. The Labute approximate surface area is 95.6 Å². The first kappa shape index (κ1) is 11.2. The van der Waals surface area contributed by atoms with E-state index in [0.29, 0.717) is 11.7 Å². The van der Waals surface area contributed by atoms with Gasteiger partial charge in [-0.05, 0) is 44.5 Å². The van der Waals surface area contributed by atoms with Crippen molar-refractivity contribution in [2.75, 3.05) is 26.7 Å². The van der Waals surface area contributed by atoms with Crippen LogP contribution in [0.4, 0.5) is 0 Å². The molecule has 1 aliphatic rings. The highest BCUT2D eigenvalue weighted by molar-refractivity contribution is 5.91. The lowest BCUT2D eigenvalue weighted by atomic mass is 10.1. The van der Waals surface area contributed by atoms with E-state index in [1.807, 2.05) is 20.0 Å². The van der Waals surface area contributed by atoms with E-state index >= 15 is 0 Å². The maximum absolute atomic E-state index is 12.0. The molecule has 0 bridgehead atoms. The Bertz CT molecular complexity index is 367. The number of hydrogen-bond donors (Lipinski definition) is 1. The fourth-order valence-electron chi connectivity index (χ4n) is 2.08. The third-order valence-electron chi connectivity index (χ3n) is 2.99. The number of carbonyl (C=O) groups is 1. The summed E-state index contributed by atoms with van der Waals surface area (Å²) in [4.78, 5) is 13.7. The van der Waals surface area contributed by atoms with Crippen LogP contribution < -0.4 is 5.32 Å². The summed E-state index contributed by atoms with van der Waals surface area (Å²) >= 11 is 0. The maximum Gasteiger partial charge on any atom is 0.289 e. The van der Waals surface area contributed by atoms with Crippen LogP contribution in [-0.4, -0.2) is 37.5 Å².